The molecule has 1 heterocycles. The van der Waals surface area contributed by atoms with E-state index in [9.17, 15) is 9.59 Å². The summed E-state index contributed by atoms with van der Waals surface area (Å²) in [5, 5.41) is 11.8. The van der Waals surface area contributed by atoms with Crippen LogP contribution in [0.4, 0.5) is 5.69 Å². The Morgan fingerprint density at radius 1 is 1.38 bits per heavy atom. The van der Waals surface area contributed by atoms with Crippen molar-refractivity contribution < 1.29 is 19.4 Å². The van der Waals surface area contributed by atoms with E-state index in [0.717, 1.165) is 12.8 Å². The van der Waals surface area contributed by atoms with Gasteiger partial charge in [0, 0.05) is 12.0 Å². The number of anilines is 1. The molecule has 0 spiro atoms. The van der Waals surface area contributed by atoms with Gasteiger partial charge in [0.2, 0.25) is 11.8 Å². The van der Waals surface area contributed by atoms with Gasteiger partial charge in [-0.1, -0.05) is 6.42 Å². The van der Waals surface area contributed by atoms with Crippen molar-refractivity contribution in [2.45, 2.75) is 32.6 Å². The average Bonchev–Trinajstić information content (AvgIpc) is 2.49. The molecule has 1 fully saturated rings. The second kappa shape index (κ2) is 7.06. The summed E-state index contributed by atoms with van der Waals surface area (Å²) in [5.41, 5.74) is 0.598. The number of nitrogens with zero attached hydrogens (tertiary/aromatic N) is 1. The molecule has 1 amide bonds. The number of nitrogens with one attached hydrogen (secondary N) is 1. The lowest BCUT2D eigenvalue weighted by Crippen LogP contribution is -2.30. The number of pyridine rings is 1. The Labute approximate surface area is 123 Å². The summed E-state index contributed by atoms with van der Waals surface area (Å²) < 4.78 is 5.23. The molecule has 1 aromatic heterocycles. The standard InChI is InChI=1S/C15H20N2O4/c1-2-21-13-7-6-12(9-16-13)17-14(18)10-4-3-5-11(8-10)15(19)20/h6-7,9-11H,2-5,8H2,1H3,(H,17,18)(H,19,20). The molecule has 0 saturated heterocycles. The Balaban J connectivity index is 1.92. The molecule has 0 aromatic carbocycles. The first-order valence-electron chi connectivity index (χ1n) is 7.22. The van der Waals surface area contributed by atoms with E-state index in [2.05, 4.69) is 10.3 Å². The highest BCUT2D eigenvalue weighted by Crippen LogP contribution is 2.30. The van der Waals surface area contributed by atoms with Crippen LogP contribution in [0.15, 0.2) is 18.3 Å². The zero-order valence-electron chi connectivity index (χ0n) is 12.0. The van der Waals surface area contributed by atoms with Crippen LogP contribution in [0.5, 0.6) is 5.88 Å². The van der Waals surface area contributed by atoms with Crippen molar-refractivity contribution in [3.05, 3.63) is 18.3 Å². The first kappa shape index (κ1) is 15.3. The summed E-state index contributed by atoms with van der Waals surface area (Å²) >= 11 is 0. The minimum atomic E-state index is -0.810. The molecule has 1 saturated carbocycles. The number of hydrogen-bond acceptors (Lipinski definition) is 4. The van der Waals surface area contributed by atoms with Gasteiger partial charge in [-0.25, -0.2) is 4.98 Å². The van der Waals surface area contributed by atoms with E-state index >= 15 is 0 Å². The van der Waals surface area contributed by atoms with Gasteiger partial charge < -0.3 is 15.2 Å². The fourth-order valence-electron chi connectivity index (χ4n) is 2.58. The molecule has 114 valence electrons. The van der Waals surface area contributed by atoms with E-state index in [4.69, 9.17) is 9.84 Å². The van der Waals surface area contributed by atoms with Gasteiger partial charge in [0.25, 0.3) is 0 Å². The van der Waals surface area contributed by atoms with Crippen LogP contribution < -0.4 is 10.1 Å². The number of carbonyl (C=O) groups is 2. The number of carbonyl (C=O) groups excluding carboxylic acids is 1. The average molecular weight is 292 g/mol. The van der Waals surface area contributed by atoms with Crippen molar-refractivity contribution in [2.75, 3.05) is 11.9 Å². The SMILES string of the molecule is CCOc1ccc(NC(=O)C2CCCC(C(=O)O)C2)cn1. The number of carboxylic acids is 1. The summed E-state index contributed by atoms with van der Waals surface area (Å²) in [7, 11) is 0. The van der Waals surface area contributed by atoms with Gasteiger partial charge in [0.1, 0.15) is 0 Å². The van der Waals surface area contributed by atoms with Crippen LogP contribution >= 0.6 is 0 Å². The number of amides is 1. The second-order valence-electron chi connectivity index (χ2n) is 5.21. The lowest BCUT2D eigenvalue weighted by atomic mass is 9.81. The fraction of sp³-hybridized carbons (Fsp3) is 0.533. The third kappa shape index (κ3) is 4.18. The molecule has 6 nitrogen and oxygen atoms in total. The number of ether oxygens (including phenoxy) is 1. The third-order valence-electron chi connectivity index (χ3n) is 3.69. The van der Waals surface area contributed by atoms with E-state index in [1.807, 2.05) is 6.92 Å². The van der Waals surface area contributed by atoms with Gasteiger partial charge >= 0.3 is 5.97 Å². The smallest absolute Gasteiger partial charge is 0.306 e. The molecule has 1 aromatic rings. The lowest BCUT2D eigenvalue weighted by Gasteiger charge is -2.25. The van der Waals surface area contributed by atoms with Gasteiger partial charge in [0.15, 0.2) is 0 Å². The van der Waals surface area contributed by atoms with E-state index in [1.54, 1.807) is 18.3 Å². The Morgan fingerprint density at radius 2 is 2.14 bits per heavy atom. The molecule has 2 atom stereocenters. The maximum atomic E-state index is 12.2. The highest BCUT2D eigenvalue weighted by molar-refractivity contribution is 5.92. The van der Waals surface area contributed by atoms with Crippen LogP contribution in [0.25, 0.3) is 0 Å². The molecule has 2 unspecified atom stereocenters. The van der Waals surface area contributed by atoms with Crippen LogP contribution in [-0.4, -0.2) is 28.6 Å². The van der Waals surface area contributed by atoms with E-state index in [-0.39, 0.29) is 11.8 Å². The van der Waals surface area contributed by atoms with Crippen LogP contribution in [0.2, 0.25) is 0 Å². The Kier molecular flexibility index (Phi) is 5.14. The maximum Gasteiger partial charge on any atom is 0.306 e. The van der Waals surface area contributed by atoms with Crippen molar-refractivity contribution >= 4 is 17.6 Å². The van der Waals surface area contributed by atoms with Crippen LogP contribution in [0.3, 0.4) is 0 Å². The van der Waals surface area contributed by atoms with E-state index in [1.165, 1.54) is 0 Å². The Morgan fingerprint density at radius 3 is 2.76 bits per heavy atom. The Bertz CT molecular complexity index is 501. The molecule has 0 radical (unpaired) electrons. The van der Waals surface area contributed by atoms with Crippen molar-refractivity contribution in [1.82, 2.24) is 4.98 Å². The predicted octanol–water partition coefficient (Wildman–Crippen LogP) is 2.31. The molecule has 0 aliphatic heterocycles. The molecule has 1 aliphatic rings. The Hall–Kier alpha value is -2.11. The number of carboxylic acid groups (broad SMARTS) is 1. The monoisotopic (exact) mass is 292 g/mol. The van der Waals surface area contributed by atoms with Crippen molar-refractivity contribution in [1.29, 1.82) is 0 Å². The maximum absolute atomic E-state index is 12.2. The van der Waals surface area contributed by atoms with Crippen LogP contribution in [-0.2, 0) is 9.59 Å². The molecule has 0 bridgehead atoms. The van der Waals surface area contributed by atoms with Crippen molar-refractivity contribution in [3.8, 4) is 5.88 Å². The largest absolute Gasteiger partial charge is 0.481 e. The molecule has 2 N–H and O–H groups in total. The van der Waals surface area contributed by atoms with Gasteiger partial charge in [-0.2, -0.15) is 0 Å². The molecule has 1 aliphatic carbocycles. The van der Waals surface area contributed by atoms with Gasteiger partial charge in [-0.05, 0) is 32.3 Å². The van der Waals surface area contributed by atoms with Crippen molar-refractivity contribution in [3.63, 3.8) is 0 Å². The molecular weight excluding hydrogens is 272 g/mol. The quantitative estimate of drug-likeness (QED) is 0.869. The molecular formula is C15H20N2O4. The zero-order valence-corrected chi connectivity index (χ0v) is 12.0. The molecule has 21 heavy (non-hydrogen) atoms. The highest BCUT2D eigenvalue weighted by Gasteiger charge is 2.31. The first-order valence-corrected chi connectivity index (χ1v) is 7.22. The molecule has 2 rings (SSSR count). The summed E-state index contributed by atoms with van der Waals surface area (Å²) in [6, 6.07) is 3.42. The number of hydrogen-bond donors (Lipinski definition) is 2. The summed E-state index contributed by atoms with van der Waals surface area (Å²) in [6.45, 7) is 2.41. The third-order valence-corrected chi connectivity index (χ3v) is 3.69. The van der Waals surface area contributed by atoms with Crippen molar-refractivity contribution in [2.24, 2.45) is 11.8 Å². The highest BCUT2D eigenvalue weighted by atomic mass is 16.5. The summed E-state index contributed by atoms with van der Waals surface area (Å²) in [6.07, 6.45) is 4.12. The van der Waals surface area contributed by atoms with E-state index in [0.29, 0.717) is 31.0 Å². The minimum Gasteiger partial charge on any atom is -0.481 e. The topological polar surface area (TPSA) is 88.5 Å². The number of aromatic nitrogens is 1. The minimum absolute atomic E-state index is 0.132. The zero-order chi connectivity index (χ0) is 15.2. The second-order valence-corrected chi connectivity index (χ2v) is 5.21. The van der Waals surface area contributed by atoms with Crippen LogP contribution in [0.1, 0.15) is 32.6 Å². The predicted molar refractivity (Wildman–Crippen MR) is 77.1 cm³/mol. The normalized spacial score (nSPS) is 21.6. The van der Waals surface area contributed by atoms with E-state index < -0.39 is 11.9 Å². The fourth-order valence-corrected chi connectivity index (χ4v) is 2.58. The molecule has 6 heteroatoms. The summed E-state index contributed by atoms with van der Waals surface area (Å²) in [4.78, 5) is 27.3. The lowest BCUT2D eigenvalue weighted by molar-refractivity contribution is -0.143. The number of rotatable bonds is 5. The first-order chi connectivity index (χ1) is 10.1. The van der Waals surface area contributed by atoms with Crippen LogP contribution in [0, 0.1) is 11.8 Å². The van der Waals surface area contributed by atoms with Gasteiger partial charge in [-0.15, -0.1) is 0 Å². The number of aliphatic carboxylic acids is 1. The van der Waals surface area contributed by atoms with Gasteiger partial charge in [-0.3, -0.25) is 9.59 Å². The van der Waals surface area contributed by atoms with Gasteiger partial charge in [0.05, 0.1) is 24.4 Å². The summed E-state index contributed by atoms with van der Waals surface area (Å²) in [5.74, 6) is -1.08.